The van der Waals surface area contributed by atoms with E-state index in [9.17, 15) is 9.59 Å². The second-order valence-corrected chi connectivity index (χ2v) is 10.7. The molecule has 0 aliphatic carbocycles. The van der Waals surface area contributed by atoms with Crippen molar-refractivity contribution in [2.75, 3.05) is 46.5 Å². The molecule has 0 radical (unpaired) electrons. The topological polar surface area (TPSA) is 68.3 Å². The van der Waals surface area contributed by atoms with Crippen LogP contribution in [0, 0.1) is 0 Å². The van der Waals surface area contributed by atoms with Gasteiger partial charge < -0.3 is 24.0 Å². The number of hydrogen-bond acceptors (Lipinski definition) is 5. The molecule has 2 amide bonds. The second kappa shape index (κ2) is 12.4. The van der Waals surface area contributed by atoms with Crippen LogP contribution in [0.2, 0.25) is 0 Å². The summed E-state index contributed by atoms with van der Waals surface area (Å²) >= 11 is 0. The van der Waals surface area contributed by atoms with Crippen molar-refractivity contribution in [2.45, 2.75) is 38.4 Å². The van der Waals surface area contributed by atoms with Gasteiger partial charge in [0.05, 0.1) is 19.3 Å². The Morgan fingerprint density at radius 2 is 1.58 bits per heavy atom. The Morgan fingerprint density at radius 1 is 0.921 bits per heavy atom. The summed E-state index contributed by atoms with van der Waals surface area (Å²) in [6.45, 7) is 8.05. The molecule has 38 heavy (non-hydrogen) atoms. The first kappa shape index (κ1) is 27.6. The van der Waals surface area contributed by atoms with Crippen LogP contribution in [0.5, 0.6) is 0 Å². The number of fused-ring (bicyclic) bond motifs is 1. The summed E-state index contributed by atoms with van der Waals surface area (Å²) in [5.41, 5.74) is 1.36. The minimum absolute atomic E-state index is 0.0558. The molecule has 1 fully saturated rings. The number of morpholine rings is 1. The Morgan fingerprint density at radius 3 is 2.26 bits per heavy atom. The molecule has 1 saturated heterocycles. The maximum absolute atomic E-state index is 13.0. The third-order valence-corrected chi connectivity index (χ3v) is 6.62. The van der Waals surface area contributed by atoms with Crippen LogP contribution in [-0.2, 0) is 19.0 Å². The predicted octanol–water partition coefficient (Wildman–Crippen LogP) is 5.41. The van der Waals surface area contributed by atoms with Gasteiger partial charge in [-0.1, -0.05) is 72.8 Å². The lowest BCUT2D eigenvalue weighted by Crippen LogP contribution is -2.43. The summed E-state index contributed by atoms with van der Waals surface area (Å²) in [7, 11) is 1.74. The molecule has 1 aliphatic heterocycles. The highest BCUT2D eigenvalue weighted by molar-refractivity contribution is 5.83. The number of rotatable bonds is 8. The highest BCUT2D eigenvalue weighted by Crippen LogP contribution is 2.36. The van der Waals surface area contributed by atoms with Crippen molar-refractivity contribution in [2.24, 2.45) is 0 Å². The first-order chi connectivity index (χ1) is 18.2. The summed E-state index contributed by atoms with van der Waals surface area (Å²) in [5, 5.41) is 2.24. The van der Waals surface area contributed by atoms with Crippen LogP contribution in [-0.4, -0.2) is 73.9 Å². The molecule has 0 spiro atoms. The SMILES string of the molecule is CN(C[C@@H](c1ccc2ccccc2c1)[C@H](OCC(=O)N1CCOCC1)c1ccccc1)C(=O)OC(C)(C)C. The van der Waals surface area contributed by atoms with Gasteiger partial charge >= 0.3 is 6.09 Å². The van der Waals surface area contributed by atoms with Gasteiger partial charge in [0.25, 0.3) is 0 Å². The zero-order chi connectivity index (χ0) is 27.1. The highest BCUT2D eigenvalue weighted by Gasteiger charge is 2.31. The molecule has 202 valence electrons. The lowest BCUT2D eigenvalue weighted by atomic mass is 9.87. The maximum Gasteiger partial charge on any atom is 0.410 e. The van der Waals surface area contributed by atoms with Crippen LogP contribution < -0.4 is 0 Å². The first-order valence-corrected chi connectivity index (χ1v) is 13.2. The number of ether oxygens (including phenoxy) is 3. The van der Waals surface area contributed by atoms with Crippen molar-refractivity contribution in [1.82, 2.24) is 9.80 Å². The smallest absolute Gasteiger partial charge is 0.410 e. The summed E-state index contributed by atoms with van der Waals surface area (Å²) in [4.78, 5) is 29.3. The molecular weight excluding hydrogens is 480 g/mol. The Hall–Kier alpha value is -3.42. The fourth-order valence-electron chi connectivity index (χ4n) is 4.68. The van der Waals surface area contributed by atoms with Crippen LogP contribution in [0.1, 0.15) is 43.9 Å². The zero-order valence-electron chi connectivity index (χ0n) is 22.8. The number of likely N-dealkylation sites (N-methyl/N-ethyl adjacent to an activating group) is 1. The van der Waals surface area contributed by atoms with Gasteiger partial charge in [-0.2, -0.15) is 0 Å². The number of nitrogens with zero attached hydrogens (tertiary/aromatic N) is 2. The van der Waals surface area contributed by atoms with Crippen LogP contribution in [0.25, 0.3) is 10.8 Å². The Labute approximate surface area is 225 Å². The van der Waals surface area contributed by atoms with E-state index in [-0.39, 0.29) is 18.4 Å². The fourth-order valence-corrected chi connectivity index (χ4v) is 4.68. The minimum Gasteiger partial charge on any atom is -0.444 e. The summed E-state index contributed by atoms with van der Waals surface area (Å²) < 4.78 is 17.5. The van der Waals surface area contributed by atoms with Gasteiger partial charge in [0, 0.05) is 32.6 Å². The van der Waals surface area contributed by atoms with Gasteiger partial charge in [0.1, 0.15) is 12.2 Å². The largest absolute Gasteiger partial charge is 0.444 e. The van der Waals surface area contributed by atoms with E-state index in [1.165, 1.54) is 0 Å². The van der Waals surface area contributed by atoms with E-state index in [0.717, 1.165) is 21.9 Å². The number of amides is 2. The van der Waals surface area contributed by atoms with Gasteiger partial charge in [-0.15, -0.1) is 0 Å². The number of carbonyl (C=O) groups excluding carboxylic acids is 2. The number of hydrogen-bond donors (Lipinski definition) is 0. The molecule has 0 unspecified atom stereocenters. The molecule has 7 nitrogen and oxygen atoms in total. The Balaban J connectivity index is 1.67. The lowest BCUT2D eigenvalue weighted by Gasteiger charge is -2.33. The maximum atomic E-state index is 13.0. The molecule has 7 heteroatoms. The normalized spacial score (nSPS) is 15.6. The van der Waals surface area contributed by atoms with Crippen molar-refractivity contribution in [3.63, 3.8) is 0 Å². The molecule has 2 atom stereocenters. The quantitative estimate of drug-likeness (QED) is 0.399. The molecule has 3 aromatic rings. The third-order valence-electron chi connectivity index (χ3n) is 6.62. The lowest BCUT2D eigenvalue weighted by molar-refractivity contribution is -0.143. The molecule has 0 N–H and O–H groups in total. The van der Waals surface area contributed by atoms with Crippen LogP contribution in [0.3, 0.4) is 0 Å². The number of benzene rings is 3. The summed E-state index contributed by atoms with van der Waals surface area (Å²) in [6, 6.07) is 24.4. The standard InChI is InChI=1S/C31H38N2O5/c1-31(2,3)38-30(35)32(4)21-27(26-15-14-23-10-8-9-13-25(23)20-26)29(24-11-6-5-7-12-24)37-22-28(34)33-16-18-36-19-17-33/h5-15,20,27,29H,16-19,21-22H2,1-4H3/t27-,29+/m0/s1. The highest BCUT2D eigenvalue weighted by atomic mass is 16.6. The second-order valence-electron chi connectivity index (χ2n) is 10.7. The van der Waals surface area contributed by atoms with Crippen molar-refractivity contribution >= 4 is 22.8 Å². The molecule has 0 bridgehead atoms. The predicted molar refractivity (Wildman–Crippen MR) is 148 cm³/mol. The first-order valence-electron chi connectivity index (χ1n) is 13.2. The van der Waals surface area contributed by atoms with E-state index in [4.69, 9.17) is 14.2 Å². The Kier molecular flexibility index (Phi) is 9.02. The minimum atomic E-state index is -0.607. The summed E-state index contributed by atoms with van der Waals surface area (Å²) in [6.07, 6.45) is -0.869. The third kappa shape index (κ3) is 7.33. The van der Waals surface area contributed by atoms with E-state index >= 15 is 0 Å². The van der Waals surface area contributed by atoms with Crippen LogP contribution in [0.4, 0.5) is 4.79 Å². The molecule has 3 aromatic carbocycles. The molecule has 0 saturated carbocycles. The van der Waals surface area contributed by atoms with E-state index in [0.29, 0.717) is 32.8 Å². The van der Waals surface area contributed by atoms with Crippen molar-refractivity contribution < 1.29 is 23.8 Å². The van der Waals surface area contributed by atoms with Gasteiger partial charge in [0.2, 0.25) is 5.91 Å². The van der Waals surface area contributed by atoms with Gasteiger partial charge in [0.15, 0.2) is 0 Å². The zero-order valence-corrected chi connectivity index (χ0v) is 22.8. The van der Waals surface area contributed by atoms with Crippen molar-refractivity contribution in [3.8, 4) is 0 Å². The molecule has 4 rings (SSSR count). The molecule has 1 heterocycles. The van der Waals surface area contributed by atoms with E-state index < -0.39 is 17.8 Å². The van der Waals surface area contributed by atoms with Crippen molar-refractivity contribution in [1.29, 1.82) is 0 Å². The average molecular weight is 519 g/mol. The Bertz CT molecular complexity index is 1220. The molecular formula is C31H38N2O5. The molecule has 1 aliphatic rings. The summed E-state index contributed by atoms with van der Waals surface area (Å²) in [5.74, 6) is -0.316. The fraction of sp³-hybridized carbons (Fsp3) is 0.419. The average Bonchev–Trinajstić information content (AvgIpc) is 2.92. The molecule has 0 aromatic heterocycles. The van der Waals surface area contributed by atoms with Crippen molar-refractivity contribution in [3.05, 3.63) is 83.9 Å². The number of carbonyl (C=O) groups is 2. The van der Waals surface area contributed by atoms with E-state index in [2.05, 4.69) is 30.3 Å². The van der Waals surface area contributed by atoms with E-state index in [1.54, 1.807) is 16.8 Å². The van der Waals surface area contributed by atoms with E-state index in [1.807, 2.05) is 63.2 Å². The van der Waals surface area contributed by atoms with Gasteiger partial charge in [-0.3, -0.25) is 4.79 Å². The van der Waals surface area contributed by atoms with Crippen LogP contribution in [0.15, 0.2) is 72.8 Å². The van der Waals surface area contributed by atoms with Crippen LogP contribution >= 0.6 is 0 Å². The van der Waals surface area contributed by atoms with Gasteiger partial charge in [-0.05, 0) is 42.7 Å². The van der Waals surface area contributed by atoms with Gasteiger partial charge in [-0.25, -0.2) is 4.79 Å². The monoisotopic (exact) mass is 518 g/mol.